The third-order valence-corrected chi connectivity index (χ3v) is 3.81. The molecule has 0 aliphatic carbocycles. The van der Waals surface area contributed by atoms with Gasteiger partial charge < -0.3 is 4.52 Å². The van der Waals surface area contributed by atoms with Gasteiger partial charge in [-0.2, -0.15) is 15.4 Å². The second-order valence-corrected chi connectivity index (χ2v) is 7.26. The van der Waals surface area contributed by atoms with E-state index in [-0.39, 0.29) is 24.2 Å². The van der Waals surface area contributed by atoms with Crippen molar-refractivity contribution in [1.29, 1.82) is 5.26 Å². The van der Waals surface area contributed by atoms with E-state index in [1.165, 1.54) is 0 Å². The lowest BCUT2D eigenvalue weighted by Crippen LogP contribution is -2.39. The molecular formula is C15H32N3O3P. The molecule has 130 valence electrons. The highest BCUT2D eigenvalue weighted by Gasteiger charge is 2.27. The van der Waals surface area contributed by atoms with Crippen LogP contribution in [0.5, 0.6) is 0 Å². The van der Waals surface area contributed by atoms with E-state index < -0.39 is 8.60 Å². The summed E-state index contributed by atoms with van der Waals surface area (Å²) in [7, 11) is -1.58. The van der Waals surface area contributed by atoms with Gasteiger partial charge in [-0.25, -0.2) is 9.25 Å². The Morgan fingerprint density at radius 2 is 1.18 bits per heavy atom. The third kappa shape index (κ3) is 8.38. The molecule has 0 aromatic heterocycles. The monoisotopic (exact) mass is 333 g/mol. The number of hydrogen-bond acceptors (Lipinski definition) is 6. The summed E-state index contributed by atoms with van der Waals surface area (Å²) >= 11 is 0. The fourth-order valence-corrected chi connectivity index (χ4v) is 3.38. The van der Waals surface area contributed by atoms with E-state index in [2.05, 4.69) is 61.5 Å². The van der Waals surface area contributed by atoms with Crippen LogP contribution < -0.4 is 0 Å². The molecule has 0 aliphatic heterocycles. The Hall–Kier alpha value is -0.280. The number of rotatable bonds is 11. The highest BCUT2D eigenvalue weighted by molar-refractivity contribution is 7.41. The number of nitrogens with zero attached hydrogens (tertiary/aromatic N) is 3. The van der Waals surface area contributed by atoms with Crippen molar-refractivity contribution in [3.8, 4) is 6.07 Å². The van der Waals surface area contributed by atoms with Crippen LogP contribution in [0.25, 0.3) is 0 Å². The van der Waals surface area contributed by atoms with Gasteiger partial charge in [0.05, 0.1) is 19.1 Å². The van der Waals surface area contributed by atoms with Gasteiger partial charge in [0.25, 0.3) is 0 Å². The summed E-state index contributed by atoms with van der Waals surface area (Å²) in [6, 6.07) is 2.90. The van der Waals surface area contributed by atoms with E-state index in [1.807, 2.05) is 10.1 Å². The van der Waals surface area contributed by atoms with Gasteiger partial charge in [0, 0.05) is 24.2 Å². The fraction of sp³-hybridized carbons (Fsp3) is 0.933. The Morgan fingerprint density at radius 3 is 1.45 bits per heavy atom. The largest absolute Gasteiger partial charge is 0.369 e. The molecule has 0 aromatic rings. The van der Waals surface area contributed by atoms with Crippen LogP contribution >= 0.6 is 8.60 Å². The van der Waals surface area contributed by atoms with Crippen molar-refractivity contribution in [2.75, 3.05) is 6.61 Å². The van der Waals surface area contributed by atoms with Gasteiger partial charge in [0.15, 0.2) is 0 Å². The molecule has 0 amide bonds. The lowest BCUT2D eigenvalue weighted by molar-refractivity contribution is -0.172. The molecule has 0 aromatic carbocycles. The molecule has 0 heterocycles. The van der Waals surface area contributed by atoms with Gasteiger partial charge in [0.2, 0.25) is 0 Å². The van der Waals surface area contributed by atoms with Crippen LogP contribution in [-0.4, -0.2) is 40.9 Å². The van der Waals surface area contributed by atoms with E-state index in [0.29, 0.717) is 13.0 Å². The molecule has 0 unspecified atom stereocenters. The first-order valence-corrected chi connectivity index (χ1v) is 9.03. The molecule has 0 aliphatic rings. The second kappa shape index (κ2) is 11.3. The van der Waals surface area contributed by atoms with Crippen LogP contribution in [0.2, 0.25) is 0 Å². The summed E-state index contributed by atoms with van der Waals surface area (Å²) in [5.41, 5.74) is 0. The first-order chi connectivity index (χ1) is 10.2. The Bertz CT molecular complexity index is 294. The van der Waals surface area contributed by atoms with Gasteiger partial charge >= 0.3 is 8.60 Å². The highest BCUT2D eigenvalue weighted by atomic mass is 31.2. The van der Waals surface area contributed by atoms with Crippen LogP contribution in [0.4, 0.5) is 0 Å². The fourth-order valence-electron chi connectivity index (χ4n) is 1.95. The minimum absolute atomic E-state index is 0.208. The van der Waals surface area contributed by atoms with Gasteiger partial charge in [-0.05, 0) is 55.4 Å². The predicted octanol–water partition coefficient (Wildman–Crippen LogP) is 4.24. The molecule has 0 radical (unpaired) electrons. The lowest BCUT2D eigenvalue weighted by atomic mass is 10.3. The quantitative estimate of drug-likeness (QED) is 0.320. The van der Waals surface area contributed by atoms with E-state index in [9.17, 15) is 0 Å². The standard InChI is InChI=1S/C15H32N3O3P/c1-12(2)17(13(3)4)20-22(19-11-9-10-16)21-18(14(5)6)15(7)8/h12-15H,9,11H2,1-8H3. The van der Waals surface area contributed by atoms with E-state index in [4.69, 9.17) is 19.0 Å². The van der Waals surface area contributed by atoms with Crippen molar-refractivity contribution in [2.24, 2.45) is 0 Å². The topological polar surface area (TPSA) is 58.0 Å². The maximum atomic E-state index is 8.67. The van der Waals surface area contributed by atoms with Crippen LogP contribution in [-0.2, 0) is 13.8 Å². The van der Waals surface area contributed by atoms with Gasteiger partial charge in [-0.3, -0.25) is 0 Å². The van der Waals surface area contributed by atoms with Crippen molar-refractivity contribution in [3.63, 3.8) is 0 Å². The molecule has 0 rings (SSSR count). The van der Waals surface area contributed by atoms with E-state index >= 15 is 0 Å². The maximum Gasteiger partial charge on any atom is 0.369 e. The van der Waals surface area contributed by atoms with Gasteiger partial charge in [-0.1, -0.05) is 0 Å². The minimum Gasteiger partial charge on any atom is -0.309 e. The summed E-state index contributed by atoms with van der Waals surface area (Å²) in [4.78, 5) is 0. The van der Waals surface area contributed by atoms with Crippen LogP contribution in [0.15, 0.2) is 0 Å². The molecule has 0 saturated heterocycles. The maximum absolute atomic E-state index is 8.67. The normalized spacial score (nSPS) is 12.6. The molecule has 0 spiro atoms. The van der Waals surface area contributed by atoms with E-state index in [0.717, 1.165) is 0 Å². The van der Waals surface area contributed by atoms with Crippen molar-refractivity contribution in [1.82, 2.24) is 10.1 Å². The SMILES string of the molecule is CC(C)N(OP(OCCC#N)ON(C(C)C)C(C)C)C(C)C. The molecule has 6 nitrogen and oxygen atoms in total. The van der Waals surface area contributed by atoms with E-state index in [1.54, 1.807) is 0 Å². The number of hydrogen-bond donors (Lipinski definition) is 0. The van der Waals surface area contributed by atoms with Crippen LogP contribution in [0.3, 0.4) is 0 Å². The Kier molecular flexibility index (Phi) is 11.1. The first-order valence-electron chi connectivity index (χ1n) is 7.93. The number of hydroxylamine groups is 4. The summed E-state index contributed by atoms with van der Waals surface area (Å²) in [6.45, 7) is 16.8. The Balaban J connectivity index is 4.90. The minimum atomic E-state index is -1.58. The van der Waals surface area contributed by atoms with Crippen molar-refractivity contribution in [2.45, 2.75) is 86.0 Å². The van der Waals surface area contributed by atoms with Crippen LogP contribution in [0.1, 0.15) is 61.8 Å². The Morgan fingerprint density at radius 1 is 0.818 bits per heavy atom. The third-order valence-electron chi connectivity index (χ3n) is 2.77. The Labute approximate surface area is 137 Å². The van der Waals surface area contributed by atoms with Crippen molar-refractivity contribution >= 4 is 8.60 Å². The van der Waals surface area contributed by atoms with Gasteiger partial charge in [-0.15, -0.1) is 0 Å². The average molecular weight is 333 g/mol. The zero-order valence-corrected chi connectivity index (χ0v) is 16.1. The summed E-state index contributed by atoms with van der Waals surface area (Å²) in [5.74, 6) is 0. The zero-order chi connectivity index (χ0) is 17.3. The summed E-state index contributed by atoms with van der Waals surface area (Å²) in [6.07, 6.45) is 0.318. The average Bonchev–Trinajstić information content (AvgIpc) is 2.39. The zero-order valence-electron chi connectivity index (χ0n) is 15.2. The van der Waals surface area contributed by atoms with Gasteiger partial charge in [0.1, 0.15) is 0 Å². The van der Waals surface area contributed by atoms with Crippen molar-refractivity contribution < 1.29 is 13.8 Å². The van der Waals surface area contributed by atoms with Crippen LogP contribution in [0, 0.1) is 11.3 Å². The molecule has 0 N–H and O–H groups in total. The molecule has 0 saturated carbocycles. The molecule has 0 fully saturated rings. The predicted molar refractivity (Wildman–Crippen MR) is 89.5 cm³/mol. The molecule has 0 atom stereocenters. The second-order valence-electron chi connectivity index (χ2n) is 6.22. The molecular weight excluding hydrogens is 301 g/mol. The molecule has 22 heavy (non-hydrogen) atoms. The number of nitriles is 1. The highest BCUT2D eigenvalue weighted by Crippen LogP contribution is 2.43. The first kappa shape index (κ1) is 21.7. The molecule has 0 bridgehead atoms. The molecule has 7 heteroatoms. The summed E-state index contributed by atoms with van der Waals surface area (Å²) < 4.78 is 17.6. The smallest absolute Gasteiger partial charge is 0.309 e. The van der Waals surface area contributed by atoms with Crippen molar-refractivity contribution in [3.05, 3.63) is 0 Å². The lowest BCUT2D eigenvalue weighted by Gasteiger charge is -2.35. The summed E-state index contributed by atoms with van der Waals surface area (Å²) in [5, 5.41) is 12.4.